The van der Waals surface area contributed by atoms with Crippen molar-refractivity contribution >= 4 is 15.7 Å². The van der Waals surface area contributed by atoms with Crippen LogP contribution in [0.3, 0.4) is 0 Å². The van der Waals surface area contributed by atoms with Crippen molar-refractivity contribution in [3.8, 4) is 17.1 Å². The Labute approximate surface area is 145 Å². The van der Waals surface area contributed by atoms with E-state index in [1.165, 1.54) is 4.31 Å². The predicted molar refractivity (Wildman–Crippen MR) is 93.0 cm³/mol. The highest BCUT2D eigenvalue weighted by Crippen LogP contribution is 2.39. The number of rotatable bonds is 3. The van der Waals surface area contributed by atoms with Gasteiger partial charge in [-0.05, 0) is 42.8 Å². The summed E-state index contributed by atoms with van der Waals surface area (Å²) in [7, 11) is -2.17. The molecule has 0 radical (unpaired) electrons. The van der Waals surface area contributed by atoms with E-state index in [0.717, 1.165) is 11.1 Å². The largest absolute Gasteiger partial charge is 0.488 e. The molecule has 1 aliphatic heterocycles. The third-order valence-corrected chi connectivity index (χ3v) is 6.03. The number of hydrogen-bond acceptors (Lipinski definition) is 5. The molecule has 3 aromatic rings. The van der Waals surface area contributed by atoms with Crippen molar-refractivity contribution in [3.05, 3.63) is 59.8 Å². The smallest absolute Gasteiger partial charge is 0.264 e. The van der Waals surface area contributed by atoms with Gasteiger partial charge in [0.1, 0.15) is 12.4 Å². The molecule has 128 valence electrons. The maximum absolute atomic E-state index is 13.0. The summed E-state index contributed by atoms with van der Waals surface area (Å²) in [6, 6.07) is 12.1. The molecule has 4 rings (SSSR count). The van der Waals surface area contributed by atoms with E-state index >= 15 is 0 Å². The van der Waals surface area contributed by atoms with Gasteiger partial charge in [-0.15, -0.1) is 0 Å². The fourth-order valence-corrected chi connectivity index (χ4v) is 4.05. The van der Waals surface area contributed by atoms with E-state index in [1.54, 1.807) is 37.5 Å². The number of sulfonamides is 1. The minimum absolute atomic E-state index is 0.170. The van der Waals surface area contributed by atoms with E-state index in [0.29, 0.717) is 29.4 Å². The van der Waals surface area contributed by atoms with Crippen LogP contribution in [0.4, 0.5) is 5.69 Å². The maximum atomic E-state index is 13.0. The van der Waals surface area contributed by atoms with Crippen LogP contribution in [0.15, 0.2) is 58.1 Å². The van der Waals surface area contributed by atoms with Gasteiger partial charge in [0.05, 0.1) is 27.9 Å². The molecule has 0 unspecified atom stereocenters. The average Bonchev–Trinajstić information content (AvgIpc) is 3.09. The van der Waals surface area contributed by atoms with Crippen LogP contribution in [0.25, 0.3) is 11.3 Å². The van der Waals surface area contributed by atoms with E-state index < -0.39 is 10.0 Å². The van der Waals surface area contributed by atoms with E-state index in [2.05, 4.69) is 5.16 Å². The summed E-state index contributed by atoms with van der Waals surface area (Å²) in [5, 5.41) is 3.77. The lowest BCUT2D eigenvalue weighted by atomic mass is 10.1. The van der Waals surface area contributed by atoms with E-state index in [-0.39, 0.29) is 4.90 Å². The molecule has 0 saturated carbocycles. The second-order valence-electron chi connectivity index (χ2n) is 5.94. The van der Waals surface area contributed by atoms with Gasteiger partial charge in [-0.25, -0.2) is 8.42 Å². The van der Waals surface area contributed by atoms with Crippen molar-refractivity contribution in [2.45, 2.75) is 18.4 Å². The van der Waals surface area contributed by atoms with E-state index in [4.69, 9.17) is 9.26 Å². The molecule has 2 aromatic carbocycles. The van der Waals surface area contributed by atoms with E-state index in [1.807, 2.05) is 25.1 Å². The first-order chi connectivity index (χ1) is 12.0. The van der Waals surface area contributed by atoms with Crippen molar-refractivity contribution in [1.82, 2.24) is 5.16 Å². The van der Waals surface area contributed by atoms with E-state index in [9.17, 15) is 8.42 Å². The molecular weight excluding hydrogens is 340 g/mol. The molecule has 1 aromatic heterocycles. The second kappa shape index (κ2) is 5.63. The lowest BCUT2D eigenvalue weighted by Crippen LogP contribution is -2.26. The number of anilines is 1. The molecule has 1 aliphatic rings. The molecule has 0 spiro atoms. The van der Waals surface area contributed by atoms with Crippen molar-refractivity contribution in [1.29, 1.82) is 0 Å². The molecule has 6 nitrogen and oxygen atoms in total. The van der Waals surface area contributed by atoms with Crippen LogP contribution in [0, 0.1) is 6.92 Å². The lowest BCUT2D eigenvalue weighted by Gasteiger charge is -2.21. The third-order valence-electron chi connectivity index (χ3n) is 4.25. The van der Waals surface area contributed by atoms with Gasteiger partial charge in [-0.1, -0.05) is 17.3 Å². The highest BCUT2D eigenvalue weighted by molar-refractivity contribution is 7.92. The SMILES string of the molecule is Cc1cccc(N(C)S(=O)(=O)c2ccc3c(c2)-c2oncc2CO3)c1. The van der Waals surface area contributed by atoms with Crippen molar-refractivity contribution < 1.29 is 17.7 Å². The number of aryl methyl sites for hydroxylation is 1. The molecule has 7 heteroatoms. The highest BCUT2D eigenvalue weighted by atomic mass is 32.2. The zero-order valence-electron chi connectivity index (χ0n) is 13.8. The monoisotopic (exact) mass is 356 g/mol. The van der Waals surface area contributed by atoms with Gasteiger partial charge in [-0.3, -0.25) is 4.31 Å². The molecule has 2 heterocycles. The second-order valence-corrected chi connectivity index (χ2v) is 7.91. The number of fused-ring (bicyclic) bond motifs is 3. The summed E-state index contributed by atoms with van der Waals surface area (Å²) in [6.07, 6.45) is 1.58. The Morgan fingerprint density at radius 1 is 1.16 bits per heavy atom. The molecule has 0 aliphatic carbocycles. The minimum atomic E-state index is -3.71. The summed E-state index contributed by atoms with van der Waals surface area (Å²) in [4.78, 5) is 0.170. The van der Waals surface area contributed by atoms with Gasteiger partial charge in [0.2, 0.25) is 0 Å². The molecule has 25 heavy (non-hydrogen) atoms. The Hall–Kier alpha value is -2.80. The molecule has 0 N–H and O–H groups in total. The fraction of sp³-hybridized carbons (Fsp3) is 0.167. The number of aromatic nitrogens is 1. The maximum Gasteiger partial charge on any atom is 0.264 e. The summed E-state index contributed by atoms with van der Waals surface area (Å²) in [5.41, 5.74) is 2.99. The summed E-state index contributed by atoms with van der Waals surface area (Å²) < 4.78 is 38.2. The lowest BCUT2D eigenvalue weighted by molar-refractivity contribution is 0.297. The Bertz CT molecular complexity index is 1060. The van der Waals surface area contributed by atoms with Crippen LogP contribution < -0.4 is 9.04 Å². The van der Waals surface area contributed by atoms with Crippen LogP contribution >= 0.6 is 0 Å². The van der Waals surface area contributed by atoms with Gasteiger partial charge in [0.15, 0.2) is 5.76 Å². The number of ether oxygens (including phenoxy) is 1. The standard InChI is InChI=1S/C18H16N2O4S/c1-12-4-3-5-14(8-12)20(2)25(21,22)15-6-7-17-16(9-15)18-13(11-23-17)10-19-24-18/h3-10H,11H2,1-2H3. The van der Waals surface area contributed by atoms with Crippen molar-refractivity contribution in [3.63, 3.8) is 0 Å². The molecule has 0 saturated heterocycles. The van der Waals surface area contributed by atoms with Gasteiger partial charge >= 0.3 is 0 Å². The Balaban J connectivity index is 1.79. The number of hydrogen-bond donors (Lipinski definition) is 0. The van der Waals surface area contributed by atoms with Gasteiger partial charge in [0, 0.05) is 7.05 Å². The number of benzene rings is 2. The zero-order chi connectivity index (χ0) is 17.6. The normalized spacial score (nSPS) is 12.9. The molecule has 0 amide bonds. The van der Waals surface area contributed by atoms with Crippen LogP contribution in [0.1, 0.15) is 11.1 Å². The fourth-order valence-electron chi connectivity index (χ4n) is 2.83. The molecule has 0 atom stereocenters. The molecule has 0 fully saturated rings. The summed E-state index contributed by atoms with van der Waals surface area (Å²) >= 11 is 0. The summed E-state index contributed by atoms with van der Waals surface area (Å²) in [5.74, 6) is 1.14. The van der Waals surface area contributed by atoms with Crippen molar-refractivity contribution in [2.24, 2.45) is 0 Å². The van der Waals surface area contributed by atoms with Crippen LogP contribution in [-0.2, 0) is 16.6 Å². The predicted octanol–water partition coefficient (Wildman–Crippen LogP) is 3.37. The highest BCUT2D eigenvalue weighted by Gasteiger charge is 2.27. The first-order valence-electron chi connectivity index (χ1n) is 7.73. The number of nitrogens with zero attached hydrogens (tertiary/aromatic N) is 2. The quantitative estimate of drug-likeness (QED) is 0.719. The average molecular weight is 356 g/mol. The van der Waals surface area contributed by atoms with Gasteiger partial charge in [-0.2, -0.15) is 0 Å². The Morgan fingerprint density at radius 3 is 2.80 bits per heavy atom. The zero-order valence-corrected chi connectivity index (χ0v) is 14.6. The first-order valence-corrected chi connectivity index (χ1v) is 9.17. The molecule has 0 bridgehead atoms. The summed E-state index contributed by atoms with van der Waals surface area (Å²) in [6.45, 7) is 2.28. The minimum Gasteiger partial charge on any atom is -0.488 e. The topological polar surface area (TPSA) is 72.6 Å². The molecular formula is C18H16N2O4S. The first kappa shape index (κ1) is 15.7. The third kappa shape index (κ3) is 2.56. The van der Waals surface area contributed by atoms with Crippen LogP contribution in [0.5, 0.6) is 5.75 Å². The van der Waals surface area contributed by atoms with Gasteiger partial charge < -0.3 is 9.26 Å². The Kier molecular flexibility index (Phi) is 3.54. The van der Waals surface area contributed by atoms with Crippen LogP contribution in [0.2, 0.25) is 0 Å². The van der Waals surface area contributed by atoms with Gasteiger partial charge in [0.25, 0.3) is 10.0 Å². The Morgan fingerprint density at radius 2 is 2.00 bits per heavy atom. The van der Waals surface area contributed by atoms with Crippen molar-refractivity contribution in [2.75, 3.05) is 11.4 Å². The van der Waals surface area contributed by atoms with Crippen LogP contribution in [-0.4, -0.2) is 20.6 Å².